The van der Waals surface area contributed by atoms with Crippen LogP contribution in [0.2, 0.25) is 0 Å². The van der Waals surface area contributed by atoms with Crippen LogP contribution in [0, 0.1) is 18.8 Å². The molecule has 4 rings (SSSR count). The van der Waals surface area contributed by atoms with Crippen molar-refractivity contribution in [3.05, 3.63) is 63.6 Å². The van der Waals surface area contributed by atoms with Gasteiger partial charge in [-0.05, 0) is 54.5 Å². The van der Waals surface area contributed by atoms with Crippen molar-refractivity contribution in [3.8, 4) is 5.69 Å². The molecule has 1 aliphatic carbocycles. The van der Waals surface area contributed by atoms with Gasteiger partial charge < -0.3 is 10.0 Å². The van der Waals surface area contributed by atoms with Gasteiger partial charge in [0.2, 0.25) is 0 Å². The van der Waals surface area contributed by atoms with E-state index < -0.39 is 0 Å². The number of nitrogens with zero attached hydrogens (tertiary/aromatic N) is 2. The van der Waals surface area contributed by atoms with Crippen LogP contribution < -0.4 is 5.56 Å². The van der Waals surface area contributed by atoms with E-state index in [-0.39, 0.29) is 29.1 Å². The molecule has 1 aromatic heterocycles. The Morgan fingerprint density at radius 1 is 1.22 bits per heavy atom. The van der Waals surface area contributed by atoms with Crippen molar-refractivity contribution >= 4 is 5.91 Å². The molecule has 2 aliphatic rings. The Morgan fingerprint density at radius 3 is 2.67 bits per heavy atom. The molecule has 27 heavy (non-hydrogen) atoms. The van der Waals surface area contributed by atoms with Gasteiger partial charge in [-0.25, -0.2) is 0 Å². The number of pyridine rings is 1. The zero-order valence-corrected chi connectivity index (χ0v) is 16.1. The molecular formula is C22H26N2O3. The van der Waals surface area contributed by atoms with Crippen LogP contribution >= 0.6 is 0 Å². The first-order valence-electron chi connectivity index (χ1n) is 9.66. The van der Waals surface area contributed by atoms with Crippen LogP contribution in [-0.4, -0.2) is 39.7 Å². The number of carbonyl (C=O) groups is 1. The second-order valence-electron chi connectivity index (χ2n) is 8.24. The highest BCUT2D eigenvalue weighted by Crippen LogP contribution is 2.41. The van der Waals surface area contributed by atoms with Crippen molar-refractivity contribution in [2.45, 2.75) is 39.2 Å². The lowest BCUT2D eigenvalue weighted by molar-refractivity contribution is -0.00427. The first kappa shape index (κ1) is 18.0. The van der Waals surface area contributed by atoms with E-state index in [1.165, 1.54) is 0 Å². The smallest absolute Gasteiger partial charge is 0.268 e. The normalized spacial score (nSPS) is 24.0. The summed E-state index contributed by atoms with van der Waals surface area (Å²) < 4.78 is 1.56. The summed E-state index contributed by atoms with van der Waals surface area (Å²) in [4.78, 5) is 28.0. The number of aromatic nitrogens is 1. The number of amides is 1. The van der Waals surface area contributed by atoms with Crippen LogP contribution in [-0.2, 0) is 0 Å². The lowest BCUT2D eigenvalue weighted by atomic mass is 9.74. The van der Waals surface area contributed by atoms with E-state index in [0.29, 0.717) is 30.5 Å². The highest BCUT2D eigenvalue weighted by Gasteiger charge is 2.47. The second-order valence-corrected chi connectivity index (χ2v) is 8.24. The first-order chi connectivity index (χ1) is 12.9. The van der Waals surface area contributed by atoms with Gasteiger partial charge in [0.25, 0.3) is 11.5 Å². The van der Waals surface area contributed by atoms with Crippen molar-refractivity contribution in [1.82, 2.24) is 9.47 Å². The van der Waals surface area contributed by atoms with E-state index in [2.05, 4.69) is 13.8 Å². The van der Waals surface area contributed by atoms with Gasteiger partial charge in [0.15, 0.2) is 0 Å². The van der Waals surface area contributed by atoms with E-state index in [9.17, 15) is 14.7 Å². The van der Waals surface area contributed by atoms with Crippen LogP contribution in [0.25, 0.3) is 5.69 Å². The second kappa shape index (κ2) is 6.64. The quantitative estimate of drug-likeness (QED) is 0.909. The van der Waals surface area contributed by atoms with E-state index in [1.807, 2.05) is 37.3 Å². The largest absolute Gasteiger partial charge is 0.393 e. The summed E-state index contributed by atoms with van der Waals surface area (Å²) in [7, 11) is 0. The molecule has 0 unspecified atom stereocenters. The Kier molecular flexibility index (Phi) is 4.42. The summed E-state index contributed by atoms with van der Waals surface area (Å²) >= 11 is 0. The molecule has 1 saturated heterocycles. The molecule has 0 bridgehead atoms. The summed E-state index contributed by atoms with van der Waals surface area (Å²) in [6.07, 6.45) is 2.19. The maximum Gasteiger partial charge on any atom is 0.268 e. The number of hydrogen-bond acceptors (Lipinski definition) is 3. The summed E-state index contributed by atoms with van der Waals surface area (Å²) in [6.45, 7) is 7.21. The lowest BCUT2D eigenvalue weighted by Gasteiger charge is -2.34. The minimum absolute atomic E-state index is 0.169. The van der Waals surface area contributed by atoms with Crippen LogP contribution in [0.4, 0.5) is 0 Å². The first-order valence-corrected chi connectivity index (χ1v) is 9.66. The Morgan fingerprint density at radius 2 is 2.00 bits per heavy atom. The number of likely N-dealkylation sites (tertiary alicyclic amines) is 1. The predicted octanol–water partition coefficient (Wildman–Crippen LogP) is 2.72. The van der Waals surface area contributed by atoms with Gasteiger partial charge in [0.05, 0.1) is 6.10 Å². The van der Waals surface area contributed by atoms with Crippen LogP contribution in [0.15, 0.2) is 41.3 Å². The number of rotatable bonds is 3. The summed E-state index contributed by atoms with van der Waals surface area (Å²) in [5.74, 6) is 0.688. The average Bonchev–Trinajstić information content (AvgIpc) is 2.99. The molecule has 2 aromatic rings. The standard InChI is InChI=1S/C22H26N2O3/c1-13(2)15-5-4-6-17(9-15)24-8-7-14(3)20(22(24)27)21(26)23-11-16-10-19(25)18(16)12-23/h4-9,13,16,18-19,25H,10-12H2,1-3H3/t16-,18+,19+/m0/s1. The molecule has 1 aliphatic heterocycles. The van der Waals surface area contributed by atoms with Gasteiger partial charge >= 0.3 is 0 Å². The number of fused-ring (bicyclic) bond motifs is 1. The molecule has 142 valence electrons. The molecule has 1 aromatic carbocycles. The molecule has 3 atom stereocenters. The van der Waals surface area contributed by atoms with Gasteiger partial charge in [0, 0.05) is 30.9 Å². The van der Waals surface area contributed by atoms with Crippen LogP contribution in [0.1, 0.15) is 47.7 Å². The molecule has 0 spiro atoms. The number of benzene rings is 1. The van der Waals surface area contributed by atoms with Crippen molar-refractivity contribution in [3.63, 3.8) is 0 Å². The van der Waals surface area contributed by atoms with Crippen LogP contribution in [0.3, 0.4) is 0 Å². The molecule has 5 nitrogen and oxygen atoms in total. The third-order valence-corrected chi connectivity index (χ3v) is 6.15. The fourth-order valence-electron chi connectivity index (χ4n) is 4.32. The highest BCUT2D eigenvalue weighted by atomic mass is 16.3. The Bertz CT molecular complexity index is 947. The number of aryl methyl sites for hydroxylation is 1. The van der Waals surface area contributed by atoms with Crippen molar-refractivity contribution < 1.29 is 9.90 Å². The number of carbonyl (C=O) groups excluding carboxylic acids is 1. The Labute approximate surface area is 159 Å². The van der Waals surface area contributed by atoms with Gasteiger partial charge in [0.1, 0.15) is 5.56 Å². The fraction of sp³-hybridized carbons (Fsp3) is 0.455. The van der Waals surface area contributed by atoms with Gasteiger partial charge in [-0.3, -0.25) is 14.2 Å². The highest BCUT2D eigenvalue weighted by molar-refractivity contribution is 5.95. The SMILES string of the molecule is Cc1ccn(-c2cccc(C(C)C)c2)c(=O)c1C(=O)N1C[C@@H]2C[C@@H](O)[C@@H]2C1. The summed E-state index contributed by atoms with van der Waals surface area (Å²) in [5.41, 5.74) is 2.58. The number of aliphatic hydroxyl groups excluding tert-OH is 1. The monoisotopic (exact) mass is 366 g/mol. The van der Waals surface area contributed by atoms with Gasteiger partial charge in [-0.2, -0.15) is 0 Å². The Hall–Kier alpha value is -2.40. The molecule has 5 heteroatoms. The van der Waals surface area contributed by atoms with E-state index >= 15 is 0 Å². The Balaban J connectivity index is 1.70. The minimum Gasteiger partial charge on any atom is -0.393 e. The topological polar surface area (TPSA) is 62.5 Å². The van der Waals surface area contributed by atoms with E-state index in [1.54, 1.807) is 15.7 Å². The maximum absolute atomic E-state index is 13.2. The van der Waals surface area contributed by atoms with Gasteiger partial charge in [-0.15, -0.1) is 0 Å². The summed E-state index contributed by atoms with van der Waals surface area (Å²) in [5, 5.41) is 9.86. The summed E-state index contributed by atoms with van der Waals surface area (Å²) in [6, 6.07) is 9.71. The number of aliphatic hydroxyl groups is 1. The van der Waals surface area contributed by atoms with Crippen molar-refractivity contribution in [1.29, 1.82) is 0 Å². The third kappa shape index (κ3) is 3.00. The maximum atomic E-state index is 13.2. The zero-order valence-electron chi connectivity index (χ0n) is 16.1. The van der Waals surface area contributed by atoms with Crippen molar-refractivity contribution in [2.24, 2.45) is 11.8 Å². The van der Waals surface area contributed by atoms with Gasteiger partial charge in [-0.1, -0.05) is 26.0 Å². The average molecular weight is 366 g/mol. The minimum atomic E-state index is -0.305. The molecule has 1 saturated carbocycles. The van der Waals surface area contributed by atoms with E-state index in [0.717, 1.165) is 17.7 Å². The third-order valence-electron chi connectivity index (χ3n) is 6.15. The lowest BCUT2D eigenvalue weighted by Crippen LogP contribution is -2.40. The molecule has 2 heterocycles. The van der Waals surface area contributed by atoms with E-state index in [4.69, 9.17) is 0 Å². The van der Waals surface area contributed by atoms with Crippen LogP contribution in [0.5, 0.6) is 0 Å². The number of hydrogen-bond donors (Lipinski definition) is 1. The van der Waals surface area contributed by atoms with Crippen molar-refractivity contribution in [2.75, 3.05) is 13.1 Å². The molecule has 2 fully saturated rings. The zero-order chi connectivity index (χ0) is 19.3. The fourth-order valence-corrected chi connectivity index (χ4v) is 4.32. The molecule has 1 N–H and O–H groups in total. The molecule has 1 amide bonds. The molecule has 0 radical (unpaired) electrons. The predicted molar refractivity (Wildman–Crippen MR) is 104 cm³/mol. The molecular weight excluding hydrogens is 340 g/mol.